The van der Waals surface area contributed by atoms with Gasteiger partial charge in [-0.15, -0.1) is 0 Å². The summed E-state index contributed by atoms with van der Waals surface area (Å²) >= 11 is 11.9. The van der Waals surface area contributed by atoms with Gasteiger partial charge in [0.15, 0.2) is 0 Å². The van der Waals surface area contributed by atoms with Crippen LogP contribution in [0.3, 0.4) is 0 Å². The molecule has 0 aliphatic heterocycles. The van der Waals surface area contributed by atoms with Crippen LogP contribution in [0.25, 0.3) is 0 Å². The number of nitriles is 1. The van der Waals surface area contributed by atoms with Crippen molar-refractivity contribution >= 4 is 34.6 Å². The van der Waals surface area contributed by atoms with Gasteiger partial charge in [0, 0.05) is 6.20 Å². The first-order valence-corrected chi connectivity index (χ1v) is 5.53. The average Bonchev–Trinajstić information content (AvgIpc) is 2.35. The van der Waals surface area contributed by atoms with E-state index in [2.05, 4.69) is 16.4 Å². The van der Waals surface area contributed by atoms with Crippen LogP contribution in [0.15, 0.2) is 36.7 Å². The van der Waals surface area contributed by atoms with Gasteiger partial charge in [0.2, 0.25) is 0 Å². The van der Waals surface area contributed by atoms with Crippen LogP contribution in [-0.4, -0.2) is 4.98 Å². The topological polar surface area (TPSA) is 48.7 Å². The molecule has 0 bridgehead atoms. The van der Waals surface area contributed by atoms with E-state index in [-0.39, 0.29) is 0 Å². The minimum Gasteiger partial charge on any atom is -0.352 e. The summed E-state index contributed by atoms with van der Waals surface area (Å²) in [5, 5.41) is 12.9. The largest absolute Gasteiger partial charge is 0.352 e. The minimum atomic E-state index is 0.418. The third kappa shape index (κ3) is 2.50. The highest BCUT2D eigenvalue weighted by molar-refractivity contribution is 6.43. The van der Waals surface area contributed by atoms with E-state index in [1.807, 2.05) is 0 Å². The molecule has 0 saturated carbocycles. The Labute approximate surface area is 109 Å². The van der Waals surface area contributed by atoms with Gasteiger partial charge in [0.05, 0.1) is 33.2 Å². The molecular weight excluding hydrogens is 257 g/mol. The predicted octanol–water partition coefficient (Wildman–Crippen LogP) is 4.00. The second-order valence-electron chi connectivity index (χ2n) is 3.26. The van der Waals surface area contributed by atoms with Gasteiger partial charge in [0.1, 0.15) is 6.07 Å². The fraction of sp³-hybridized carbons (Fsp3) is 0. The maximum atomic E-state index is 8.94. The van der Waals surface area contributed by atoms with Crippen LogP contribution >= 0.6 is 23.2 Å². The molecule has 0 unspecified atom stereocenters. The number of hydrogen-bond donors (Lipinski definition) is 1. The van der Waals surface area contributed by atoms with E-state index >= 15 is 0 Å². The summed E-state index contributed by atoms with van der Waals surface area (Å²) < 4.78 is 0. The molecule has 17 heavy (non-hydrogen) atoms. The number of benzene rings is 1. The number of hydrogen-bond acceptors (Lipinski definition) is 3. The summed E-state index contributed by atoms with van der Waals surface area (Å²) in [5.41, 5.74) is 1.74. The average molecular weight is 264 g/mol. The number of nitrogens with one attached hydrogen (secondary N) is 1. The van der Waals surface area contributed by atoms with E-state index in [9.17, 15) is 0 Å². The molecule has 0 amide bonds. The Morgan fingerprint density at radius 1 is 1.18 bits per heavy atom. The summed E-state index contributed by atoms with van der Waals surface area (Å²) in [7, 11) is 0. The predicted molar refractivity (Wildman–Crippen MR) is 68.7 cm³/mol. The molecule has 0 radical (unpaired) electrons. The fourth-order valence-electron chi connectivity index (χ4n) is 1.34. The van der Waals surface area contributed by atoms with Crippen molar-refractivity contribution in [2.45, 2.75) is 0 Å². The lowest BCUT2D eigenvalue weighted by molar-refractivity contribution is 1.30. The van der Waals surface area contributed by atoms with E-state index < -0.39 is 0 Å². The molecule has 1 aromatic heterocycles. The summed E-state index contributed by atoms with van der Waals surface area (Å²) in [6.07, 6.45) is 3.12. The molecule has 1 heterocycles. The molecule has 0 spiro atoms. The first-order valence-electron chi connectivity index (χ1n) is 4.77. The number of aromatic nitrogens is 1. The highest BCUT2D eigenvalue weighted by Gasteiger charge is 2.07. The molecule has 1 aromatic carbocycles. The lowest BCUT2D eigenvalue weighted by atomic mass is 10.2. The number of nitrogens with zero attached hydrogens (tertiary/aromatic N) is 2. The van der Waals surface area contributed by atoms with Crippen molar-refractivity contribution in [3.05, 3.63) is 52.3 Å². The van der Waals surface area contributed by atoms with Gasteiger partial charge < -0.3 is 5.32 Å². The maximum Gasteiger partial charge on any atom is 0.101 e. The second kappa shape index (κ2) is 5.05. The monoisotopic (exact) mass is 263 g/mol. The molecule has 0 saturated heterocycles. The SMILES string of the molecule is N#Cc1ccncc1Nc1cccc(Cl)c1Cl. The Morgan fingerprint density at radius 2 is 2.00 bits per heavy atom. The zero-order valence-electron chi connectivity index (χ0n) is 8.61. The van der Waals surface area contributed by atoms with E-state index in [1.165, 1.54) is 0 Å². The summed E-state index contributed by atoms with van der Waals surface area (Å²) in [6, 6.07) is 8.95. The van der Waals surface area contributed by atoms with Crippen LogP contribution in [-0.2, 0) is 0 Å². The summed E-state index contributed by atoms with van der Waals surface area (Å²) in [4.78, 5) is 3.95. The lowest BCUT2D eigenvalue weighted by Crippen LogP contribution is -1.95. The Morgan fingerprint density at radius 3 is 2.76 bits per heavy atom. The molecule has 84 valence electrons. The molecule has 0 atom stereocenters. The number of rotatable bonds is 2. The summed E-state index contributed by atoms with van der Waals surface area (Å²) in [6.45, 7) is 0. The van der Waals surface area contributed by atoms with Gasteiger partial charge in [-0.05, 0) is 18.2 Å². The standard InChI is InChI=1S/C12H7Cl2N3/c13-9-2-1-3-10(12(9)14)17-11-7-16-5-4-8(11)6-15/h1-5,7,17H. The Bertz CT molecular complexity index is 591. The van der Waals surface area contributed by atoms with Gasteiger partial charge in [-0.3, -0.25) is 4.98 Å². The lowest BCUT2D eigenvalue weighted by Gasteiger charge is -2.09. The molecular formula is C12H7Cl2N3. The Balaban J connectivity index is 2.39. The van der Waals surface area contributed by atoms with Gasteiger partial charge >= 0.3 is 0 Å². The quantitative estimate of drug-likeness (QED) is 0.891. The van der Waals surface area contributed by atoms with Crippen molar-refractivity contribution < 1.29 is 0 Å². The van der Waals surface area contributed by atoms with Crippen molar-refractivity contribution in [2.24, 2.45) is 0 Å². The van der Waals surface area contributed by atoms with Gasteiger partial charge in [0.25, 0.3) is 0 Å². The van der Waals surface area contributed by atoms with Crippen molar-refractivity contribution in [3.8, 4) is 6.07 Å². The highest BCUT2D eigenvalue weighted by Crippen LogP contribution is 2.32. The maximum absolute atomic E-state index is 8.94. The van der Waals surface area contributed by atoms with Crippen LogP contribution in [0, 0.1) is 11.3 Å². The van der Waals surface area contributed by atoms with Crippen LogP contribution in [0.5, 0.6) is 0 Å². The van der Waals surface area contributed by atoms with Crippen LogP contribution in [0.2, 0.25) is 10.0 Å². The highest BCUT2D eigenvalue weighted by atomic mass is 35.5. The van der Waals surface area contributed by atoms with Crippen LogP contribution < -0.4 is 5.32 Å². The van der Waals surface area contributed by atoms with Crippen molar-refractivity contribution in [2.75, 3.05) is 5.32 Å². The number of anilines is 2. The number of pyridine rings is 1. The first-order chi connectivity index (χ1) is 8.22. The molecule has 2 rings (SSSR count). The third-order valence-corrected chi connectivity index (χ3v) is 2.98. The second-order valence-corrected chi connectivity index (χ2v) is 4.04. The molecule has 0 aliphatic rings. The van der Waals surface area contributed by atoms with Crippen molar-refractivity contribution in [1.82, 2.24) is 4.98 Å². The number of halogens is 2. The summed E-state index contributed by atoms with van der Waals surface area (Å²) in [5.74, 6) is 0. The van der Waals surface area contributed by atoms with E-state index in [1.54, 1.807) is 36.7 Å². The van der Waals surface area contributed by atoms with Crippen molar-refractivity contribution in [3.63, 3.8) is 0 Å². The smallest absolute Gasteiger partial charge is 0.101 e. The molecule has 0 aliphatic carbocycles. The Hall–Kier alpha value is -1.76. The van der Waals surface area contributed by atoms with E-state index in [0.717, 1.165) is 0 Å². The normalized spacial score (nSPS) is 9.71. The van der Waals surface area contributed by atoms with Gasteiger partial charge in [-0.2, -0.15) is 5.26 Å². The molecule has 3 nitrogen and oxygen atoms in total. The molecule has 1 N–H and O–H groups in total. The van der Waals surface area contributed by atoms with Crippen LogP contribution in [0.1, 0.15) is 5.56 Å². The minimum absolute atomic E-state index is 0.418. The third-order valence-electron chi connectivity index (χ3n) is 2.16. The molecule has 2 aromatic rings. The Kier molecular flexibility index (Phi) is 3.48. The molecule has 5 heteroatoms. The van der Waals surface area contributed by atoms with Gasteiger partial charge in [-0.1, -0.05) is 29.3 Å². The van der Waals surface area contributed by atoms with E-state index in [4.69, 9.17) is 28.5 Å². The van der Waals surface area contributed by atoms with Gasteiger partial charge in [-0.25, -0.2) is 0 Å². The zero-order valence-corrected chi connectivity index (χ0v) is 10.1. The molecule has 0 fully saturated rings. The van der Waals surface area contributed by atoms with Crippen molar-refractivity contribution in [1.29, 1.82) is 5.26 Å². The van der Waals surface area contributed by atoms with E-state index in [0.29, 0.717) is 27.0 Å². The zero-order chi connectivity index (χ0) is 12.3. The van der Waals surface area contributed by atoms with Crippen LogP contribution in [0.4, 0.5) is 11.4 Å². The first kappa shape index (κ1) is 11.7. The fourth-order valence-corrected chi connectivity index (χ4v) is 1.68.